The highest BCUT2D eigenvalue weighted by Gasteiger charge is 2.48. The van der Waals surface area contributed by atoms with Crippen LogP contribution >= 0.6 is 0 Å². The van der Waals surface area contributed by atoms with Crippen LogP contribution in [-0.4, -0.2) is 41.2 Å². The zero-order chi connectivity index (χ0) is 25.6. The van der Waals surface area contributed by atoms with Gasteiger partial charge in [0.1, 0.15) is 0 Å². The molecule has 5 heteroatoms. The molecule has 6 rings (SSSR count). The average Bonchev–Trinajstić information content (AvgIpc) is 3.41. The maximum atomic E-state index is 13.4. The molecular weight excluding hydrogens is 458 g/mol. The molecule has 2 atom stereocenters. The molecule has 2 N–H and O–H groups in total. The molecule has 0 bridgehead atoms. The predicted molar refractivity (Wildman–Crippen MR) is 146 cm³/mol. The molecule has 0 spiro atoms. The van der Waals surface area contributed by atoms with E-state index in [0.717, 1.165) is 65.7 Å². The quantitative estimate of drug-likeness (QED) is 0.478. The van der Waals surface area contributed by atoms with Gasteiger partial charge in [-0.25, -0.2) is 0 Å². The lowest BCUT2D eigenvalue weighted by Gasteiger charge is -2.38. The zero-order valence-electron chi connectivity index (χ0n) is 21.6. The second kappa shape index (κ2) is 9.46. The Balaban J connectivity index is 1.49. The number of carbonyl (C=O) groups excluding carboxylic acids is 2. The van der Waals surface area contributed by atoms with Crippen molar-refractivity contribution in [1.29, 1.82) is 0 Å². The zero-order valence-corrected chi connectivity index (χ0v) is 21.6. The van der Waals surface area contributed by atoms with Gasteiger partial charge < -0.3 is 10.6 Å². The fraction of sp³-hybridized carbons (Fsp3) is 0.375. The molecule has 1 aliphatic carbocycles. The number of fused-ring (bicyclic) bond motifs is 4. The van der Waals surface area contributed by atoms with E-state index in [1.165, 1.54) is 12.0 Å². The molecule has 37 heavy (non-hydrogen) atoms. The molecule has 2 amide bonds. The first-order chi connectivity index (χ1) is 18.1. The van der Waals surface area contributed by atoms with E-state index < -0.39 is 5.41 Å². The smallest absolute Gasteiger partial charge is 0.254 e. The summed E-state index contributed by atoms with van der Waals surface area (Å²) < 4.78 is 0. The number of likely N-dealkylation sites (tertiary alicyclic amines) is 1. The summed E-state index contributed by atoms with van der Waals surface area (Å²) in [4.78, 5) is 31.2. The second-order valence-electron chi connectivity index (χ2n) is 10.8. The lowest BCUT2D eigenvalue weighted by Crippen LogP contribution is -2.42. The minimum atomic E-state index is -0.817. The van der Waals surface area contributed by atoms with Crippen molar-refractivity contribution in [1.82, 2.24) is 9.80 Å². The number of hydrogen-bond donors (Lipinski definition) is 1. The van der Waals surface area contributed by atoms with Crippen LogP contribution in [0.3, 0.4) is 0 Å². The topological polar surface area (TPSA) is 66.6 Å². The third kappa shape index (κ3) is 3.71. The maximum Gasteiger partial charge on any atom is 0.254 e. The van der Waals surface area contributed by atoms with Gasteiger partial charge in [0.15, 0.2) is 0 Å². The number of amides is 2. The standard InChI is InChI=1S/C32H35N3O2/c1-2-17-32(31(33)37)26-15-7-6-13-24(26)29-25(14-10-16-27(29)32)28(34-18-8-3-9-19-34)21-35-20-22-11-4-5-12-23(22)30(35)36/h4-7,10-16,28H,2-3,8-9,17-21H2,1H3,(H2,33,37). The van der Waals surface area contributed by atoms with Crippen LogP contribution in [0.1, 0.15) is 77.7 Å². The van der Waals surface area contributed by atoms with E-state index in [1.807, 2.05) is 29.2 Å². The largest absolute Gasteiger partial charge is 0.369 e. The van der Waals surface area contributed by atoms with Crippen molar-refractivity contribution in [2.24, 2.45) is 5.73 Å². The molecule has 3 aromatic carbocycles. The summed E-state index contributed by atoms with van der Waals surface area (Å²) in [5.41, 5.74) is 12.8. The van der Waals surface area contributed by atoms with Gasteiger partial charge in [-0.2, -0.15) is 0 Å². The normalized spacial score (nSPS) is 21.4. The van der Waals surface area contributed by atoms with E-state index in [-0.39, 0.29) is 17.9 Å². The number of hydrogen-bond acceptors (Lipinski definition) is 3. The van der Waals surface area contributed by atoms with Crippen molar-refractivity contribution in [2.45, 2.75) is 57.0 Å². The SMILES string of the molecule is CCCC1(C(N)=O)c2ccccc2-c2c(C(CN3Cc4ccccc4C3=O)N3CCCCC3)cccc21. The third-order valence-electron chi connectivity index (χ3n) is 8.74. The average molecular weight is 494 g/mol. The monoisotopic (exact) mass is 493 g/mol. The van der Waals surface area contributed by atoms with Crippen LogP contribution in [0.5, 0.6) is 0 Å². The molecular formula is C32H35N3O2. The molecule has 0 radical (unpaired) electrons. The van der Waals surface area contributed by atoms with Gasteiger partial charge >= 0.3 is 0 Å². The Bertz CT molecular complexity index is 1360. The molecule has 2 heterocycles. The fourth-order valence-corrected chi connectivity index (χ4v) is 7.07. The number of nitrogens with zero attached hydrogens (tertiary/aromatic N) is 2. The van der Waals surface area contributed by atoms with E-state index in [2.05, 4.69) is 54.3 Å². The van der Waals surface area contributed by atoms with Gasteiger partial charge in [0, 0.05) is 18.7 Å². The molecule has 2 aliphatic heterocycles. The molecule has 5 nitrogen and oxygen atoms in total. The number of piperidine rings is 1. The van der Waals surface area contributed by atoms with Crippen LogP contribution in [0.2, 0.25) is 0 Å². The molecule has 0 aromatic heterocycles. The molecule has 2 unspecified atom stereocenters. The summed E-state index contributed by atoms with van der Waals surface area (Å²) >= 11 is 0. The Kier molecular flexibility index (Phi) is 6.12. The molecule has 0 saturated carbocycles. The van der Waals surface area contributed by atoms with Crippen molar-refractivity contribution < 1.29 is 9.59 Å². The number of carbonyl (C=O) groups is 2. The van der Waals surface area contributed by atoms with E-state index in [0.29, 0.717) is 19.5 Å². The van der Waals surface area contributed by atoms with Crippen LogP contribution in [0, 0.1) is 0 Å². The van der Waals surface area contributed by atoms with Gasteiger partial charge in [0.05, 0.1) is 11.5 Å². The summed E-state index contributed by atoms with van der Waals surface area (Å²) in [5.74, 6) is -0.166. The summed E-state index contributed by atoms with van der Waals surface area (Å²) in [5, 5.41) is 0. The Morgan fingerprint density at radius 1 is 0.919 bits per heavy atom. The van der Waals surface area contributed by atoms with Crippen molar-refractivity contribution in [3.63, 3.8) is 0 Å². The summed E-state index contributed by atoms with van der Waals surface area (Å²) in [6.45, 7) is 5.42. The van der Waals surface area contributed by atoms with Crippen molar-refractivity contribution in [2.75, 3.05) is 19.6 Å². The molecule has 3 aromatic rings. The summed E-state index contributed by atoms with van der Waals surface area (Å²) in [6, 6.07) is 22.7. The van der Waals surface area contributed by atoms with Crippen molar-refractivity contribution in [3.05, 3.63) is 94.5 Å². The van der Waals surface area contributed by atoms with Crippen LogP contribution in [0.4, 0.5) is 0 Å². The number of rotatable bonds is 7. The van der Waals surface area contributed by atoms with Gasteiger partial charge in [0.2, 0.25) is 5.91 Å². The van der Waals surface area contributed by atoms with Crippen LogP contribution in [0.15, 0.2) is 66.7 Å². The Morgan fingerprint density at radius 2 is 1.62 bits per heavy atom. The van der Waals surface area contributed by atoms with Gasteiger partial charge in [0.25, 0.3) is 5.91 Å². The lowest BCUT2D eigenvalue weighted by atomic mass is 9.73. The number of nitrogens with two attached hydrogens (primary N) is 1. The van der Waals surface area contributed by atoms with Gasteiger partial charge in [-0.05, 0) is 71.8 Å². The summed E-state index contributed by atoms with van der Waals surface area (Å²) in [7, 11) is 0. The minimum absolute atomic E-state index is 0.0480. The van der Waals surface area contributed by atoms with Crippen LogP contribution < -0.4 is 5.73 Å². The van der Waals surface area contributed by atoms with Gasteiger partial charge in [-0.15, -0.1) is 0 Å². The highest BCUT2D eigenvalue weighted by Crippen LogP contribution is 2.54. The lowest BCUT2D eigenvalue weighted by molar-refractivity contribution is -0.122. The first kappa shape index (κ1) is 23.9. The van der Waals surface area contributed by atoms with Crippen LogP contribution in [-0.2, 0) is 16.8 Å². The first-order valence-electron chi connectivity index (χ1n) is 13.7. The summed E-state index contributed by atoms with van der Waals surface area (Å²) in [6.07, 6.45) is 5.12. The minimum Gasteiger partial charge on any atom is -0.369 e. The van der Waals surface area contributed by atoms with E-state index in [1.54, 1.807) is 0 Å². The van der Waals surface area contributed by atoms with Crippen molar-refractivity contribution in [3.8, 4) is 11.1 Å². The van der Waals surface area contributed by atoms with E-state index in [9.17, 15) is 9.59 Å². The van der Waals surface area contributed by atoms with E-state index >= 15 is 0 Å². The highest BCUT2D eigenvalue weighted by atomic mass is 16.2. The Labute approximate surface area is 219 Å². The number of benzene rings is 3. The highest BCUT2D eigenvalue weighted by molar-refractivity contribution is 6.01. The van der Waals surface area contributed by atoms with Gasteiger partial charge in [-0.1, -0.05) is 80.4 Å². The second-order valence-corrected chi connectivity index (χ2v) is 10.8. The van der Waals surface area contributed by atoms with Crippen LogP contribution in [0.25, 0.3) is 11.1 Å². The maximum absolute atomic E-state index is 13.4. The molecule has 1 fully saturated rings. The molecule has 190 valence electrons. The third-order valence-corrected chi connectivity index (χ3v) is 8.74. The van der Waals surface area contributed by atoms with E-state index in [4.69, 9.17) is 5.73 Å². The first-order valence-corrected chi connectivity index (χ1v) is 13.7. The Hall–Kier alpha value is -3.44. The number of primary amides is 1. The van der Waals surface area contributed by atoms with Crippen molar-refractivity contribution >= 4 is 11.8 Å². The molecule has 1 saturated heterocycles. The Morgan fingerprint density at radius 3 is 2.35 bits per heavy atom. The van der Waals surface area contributed by atoms with Gasteiger partial charge in [-0.3, -0.25) is 14.5 Å². The predicted octanol–water partition coefficient (Wildman–Crippen LogP) is 5.42. The fourth-order valence-electron chi connectivity index (χ4n) is 7.07. The molecule has 3 aliphatic rings.